The Balaban J connectivity index is 0.00000300. The van der Waals surface area contributed by atoms with Crippen molar-refractivity contribution < 1.29 is 9.47 Å². The lowest BCUT2D eigenvalue weighted by Crippen LogP contribution is -2.41. The highest BCUT2D eigenvalue weighted by molar-refractivity contribution is 14.0. The first kappa shape index (κ1) is 24.2. The van der Waals surface area contributed by atoms with E-state index in [9.17, 15) is 0 Å². The van der Waals surface area contributed by atoms with E-state index in [2.05, 4.69) is 42.9 Å². The number of hydrogen-bond donors (Lipinski definition) is 1. The van der Waals surface area contributed by atoms with Crippen LogP contribution in [0.1, 0.15) is 52.5 Å². The van der Waals surface area contributed by atoms with Crippen LogP contribution >= 0.6 is 24.0 Å². The molecule has 0 bridgehead atoms. The Kier molecular flexibility index (Phi) is 9.46. The minimum atomic E-state index is 0. The summed E-state index contributed by atoms with van der Waals surface area (Å²) in [6.07, 6.45) is 5.37. The van der Waals surface area contributed by atoms with Gasteiger partial charge in [-0.2, -0.15) is 0 Å². The molecule has 7 heteroatoms. The second-order valence-electron chi connectivity index (χ2n) is 8.70. The van der Waals surface area contributed by atoms with E-state index in [1.807, 2.05) is 18.3 Å². The van der Waals surface area contributed by atoms with Crippen LogP contribution in [-0.2, 0) is 11.3 Å². The Morgan fingerprint density at radius 3 is 2.90 bits per heavy atom. The lowest BCUT2D eigenvalue weighted by atomic mass is 9.87. The van der Waals surface area contributed by atoms with E-state index < -0.39 is 0 Å². The first-order chi connectivity index (χ1) is 13.5. The summed E-state index contributed by atoms with van der Waals surface area (Å²) in [6.45, 7) is 14.0. The summed E-state index contributed by atoms with van der Waals surface area (Å²) < 4.78 is 11.6. The molecule has 2 aliphatic rings. The Morgan fingerprint density at radius 2 is 2.21 bits per heavy atom. The molecule has 0 aliphatic carbocycles. The monoisotopic (exact) mass is 516 g/mol. The van der Waals surface area contributed by atoms with Gasteiger partial charge in [0, 0.05) is 43.9 Å². The predicted molar refractivity (Wildman–Crippen MR) is 128 cm³/mol. The van der Waals surface area contributed by atoms with Crippen LogP contribution in [-0.4, -0.2) is 54.8 Å². The highest BCUT2D eigenvalue weighted by Crippen LogP contribution is 2.38. The molecule has 2 unspecified atom stereocenters. The molecule has 0 amide bonds. The van der Waals surface area contributed by atoms with E-state index in [0.29, 0.717) is 23.8 Å². The van der Waals surface area contributed by atoms with Crippen molar-refractivity contribution in [3.8, 4) is 5.88 Å². The molecule has 164 valence electrons. The van der Waals surface area contributed by atoms with Gasteiger partial charge >= 0.3 is 0 Å². The van der Waals surface area contributed by atoms with Gasteiger partial charge in [0.1, 0.15) is 0 Å². The number of likely N-dealkylation sites (tertiary alicyclic amines) is 1. The van der Waals surface area contributed by atoms with Crippen LogP contribution in [0.25, 0.3) is 0 Å². The third-order valence-corrected chi connectivity index (χ3v) is 5.59. The molecular formula is C22H37IN4O2. The molecule has 29 heavy (non-hydrogen) atoms. The normalized spacial score (nSPS) is 22.8. The molecule has 6 nitrogen and oxygen atoms in total. The standard InChI is InChI=1S/C22H36N4O2.HI/c1-5-23-21(26-10-7-22(15-26)8-11-27-16-22)25-14-19-6-9-24-20(13-19)28-18(4)12-17(2)3;/h6,9,13,17-18H,5,7-8,10-12,14-16H2,1-4H3,(H,23,25);1H. The van der Waals surface area contributed by atoms with Crippen LogP contribution in [0.4, 0.5) is 0 Å². The molecule has 1 spiro atoms. The zero-order valence-corrected chi connectivity index (χ0v) is 20.6. The quantitative estimate of drug-likeness (QED) is 0.336. The van der Waals surface area contributed by atoms with Crippen LogP contribution in [0.15, 0.2) is 23.3 Å². The van der Waals surface area contributed by atoms with Crippen molar-refractivity contribution in [1.29, 1.82) is 0 Å². The summed E-state index contributed by atoms with van der Waals surface area (Å²) in [5, 5.41) is 3.46. The van der Waals surface area contributed by atoms with Crippen molar-refractivity contribution in [2.45, 2.75) is 59.6 Å². The minimum Gasteiger partial charge on any atom is -0.475 e. The highest BCUT2D eigenvalue weighted by atomic mass is 127. The van der Waals surface area contributed by atoms with E-state index in [1.54, 1.807) is 0 Å². The van der Waals surface area contributed by atoms with Gasteiger partial charge in [-0.15, -0.1) is 24.0 Å². The van der Waals surface area contributed by atoms with Crippen molar-refractivity contribution in [2.24, 2.45) is 16.3 Å². The Hall–Kier alpha value is -1.09. The summed E-state index contributed by atoms with van der Waals surface area (Å²) in [5.41, 5.74) is 1.45. The van der Waals surface area contributed by atoms with Crippen molar-refractivity contribution in [3.63, 3.8) is 0 Å². The van der Waals surface area contributed by atoms with E-state index in [0.717, 1.165) is 50.8 Å². The minimum absolute atomic E-state index is 0. The fourth-order valence-corrected chi connectivity index (χ4v) is 4.21. The number of pyridine rings is 1. The summed E-state index contributed by atoms with van der Waals surface area (Å²) in [5.74, 6) is 2.30. The van der Waals surface area contributed by atoms with Gasteiger partial charge in [-0.3, -0.25) is 0 Å². The number of aliphatic imine (C=N–C) groups is 1. The molecule has 0 saturated carbocycles. The molecule has 2 saturated heterocycles. The molecule has 2 fully saturated rings. The molecule has 1 N–H and O–H groups in total. The first-order valence-corrected chi connectivity index (χ1v) is 10.7. The third-order valence-electron chi connectivity index (χ3n) is 5.59. The fraction of sp³-hybridized carbons (Fsp3) is 0.727. The van der Waals surface area contributed by atoms with E-state index >= 15 is 0 Å². The van der Waals surface area contributed by atoms with E-state index in [1.165, 1.54) is 12.8 Å². The number of hydrogen-bond acceptors (Lipinski definition) is 4. The Labute approximate surface area is 192 Å². The third kappa shape index (κ3) is 6.98. The maximum Gasteiger partial charge on any atom is 0.213 e. The highest BCUT2D eigenvalue weighted by Gasteiger charge is 2.42. The van der Waals surface area contributed by atoms with E-state index in [-0.39, 0.29) is 30.1 Å². The summed E-state index contributed by atoms with van der Waals surface area (Å²) in [4.78, 5) is 11.7. The largest absolute Gasteiger partial charge is 0.475 e. The van der Waals surface area contributed by atoms with Gasteiger partial charge < -0.3 is 19.7 Å². The molecular weight excluding hydrogens is 479 g/mol. The number of rotatable bonds is 7. The van der Waals surface area contributed by atoms with Crippen molar-refractivity contribution in [1.82, 2.24) is 15.2 Å². The maximum atomic E-state index is 5.98. The zero-order valence-electron chi connectivity index (χ0n) is 18.3. The summed E-state index contributed by atoms with van der Waals surface area (Å²) in [6, 6.07) is 4.03. The number of aromatic nitrogens is 1. The lowest BCUT2D eigenvalue weighted by Gasteiger charge is -2.25. The SMILES string of the molecule is CCNC(=NCc1ccnc(OC(C)CC(C)C)c1)N1CCC2(CCOC2)C1.I. The van der Waals surface area contributed by atoms with E-state index in [4.69, 9.17) is 14.5 Å². The van der Waals surface area contributed by atoms with Gasteiger partial charge in [-0.05, 0) is 50.7 Å². The molecule has 0 aromatic carbocycles. The number of halogens is 1. The number of nitrogens with zero attached hydrogens (tertiary/aromatic N) is 3. The number of nitrogens with one attached hydrogen (secondary N) is 1. The second kappa shape index (κ2) is 11.3. The van der Waals surface area contributed by atoms with Crippen LogP contribution in [0.5, 0.6) is 5.88 Å². The Morgan fingerprint density at radius 1 is 1.38 bits per heavy atom. The lowest BCUT2D eigenvalue weighted by molar-refractivity contribution is 0.156. The fourth-order valence-electron chi connectivity index (χ4n) is 4.21. The Bertz CT molecular complexity index is 662. The zero-order chi connectivity index (χ0) is 20.0. The predicted octanol–water partition coefficient (Wildman–Crippen LogP) is 4.09. The van der Waals surface area contributed by atoms with Crippen molar-refractivity contribution >= 4 is 29.9 Å². The maximum absolute atomic E-state index is 5.98. The van der Waals surface area contributed by atoms with Crippen LogP contribution in [0, 0.1) is 11.3 Å². The van der Waals surface area contributed by atoms with Gasteiger partial charge in [0.25, 0.3) is 0 Å². The molecule has 0 radical (unpaired) electrons. The van der Waals surface area contributed by atoms with Crippen LogP contribution in [0.3, 0.4) is 0 Å². The average molecular weight is 516 g/mol. The number of guanidine groups is 1. The summed E-state index contributed by atoms with van der Waals surface area (Å²) >= 11 is 0. The van der Waals surface area contributed by atoms with Gasteiger partial charge in [-0.25, -0.2) is 9.98 Å². The van der Waals surface area contributed by atoms with Crippen LogP contribution < -0.4 is 10.1 Å². The van der Waals surface area contributed by atoms with Crippen molar-refractivity contribution in [2.75, 3.05) is 32.8 Å². The molecule has 2 aliphatic heterocycles. The second-order valence-corrected chi connectivity index (χ2v) is 8.70. The smallest absolute Gasteiger partial charge is 0.213 e. The van der Waals surface area contributed by atoms with Gasteiger partial charge in [0.05, 0.1) is 19.3 Å². The molecule has 3 heterocycles. The molecule has 3 rings (SSSR count). The topological polar surface area (TPSA) is 59.0 Å². The summed E-state index contributed by atoms with van der Waals surface area (Å²) in [7, 11) is 0. The first-order valence-electron chi connectivity index (χ1n) is 10.7. The van der Waals surface area contributed by atoms with Gasteiger partial charge in [0.2, 0.25) is 5.88 Å². The average Bonchev–Trinajstić information content (AvgIpc) is 3.28. The molecule has 2 atom stereocenters. The van der Waals surface area contributed by atoms with Gasteiger partial charge in [0.15, 0.2) is 5.96 Å². The molecule has 1 aromatic heterocycles. The number of ether oxygens (including phenoxy) is 2. The van der Waals surface area contributed by atoms with Crippen LogP contribution in [0.2, 0.25) is 0 Å². The van der Waals surface area contributed by atoms with Gasteiger partial charge in [-0.1, -0.05) is 13.8 Å². The van der Waals surface area contributed by atoms with Crippen molar-refractivity contribution in [3.05, 3.63) is 23.9 Å². The molecule has 1 aromatic rings.